The molecule has 0 bridgehead atoms. The summed E-state index contributed by atoms with van der Waals surface area (Å²) in [6.45, 7) is 2.46. The molecular formula is C9H9Cl2O. The summed E-state index contributed by atoms with van der Waals surface area (Å²) in [5.41, 5.74) is 0. The minimum atomic E-state index is 0.473. The Morgan fingerprint density at radius 1 is 1.42 bits per heavy atom. The number of ether oxygens (including phenoxy) is 1. The van der Waals surface area contributed by atoms with E-state index in [1.165, 1.54) is 0 Å². The van der Waals surface area contributed by atoms with Crippen LogP contribution in [-0.4, -0.2) is 6.61 Å². The topological polar surface area (TPSA) is 9.23 Å². The van der Waals surface area contributed by atoms with Crippen molar-refractivity contribution >= 4 is 23.2 Å². The van der Waals surface area contributed by atoms with E-state index in [9.17, 15) is 0 Å². The van der Waals surface area contributed by atoms with Gasteiger partial charge >= 0.3 is 0 Å². The van der Waals surface area contributed by atoms with Crippen LogP contribution >= 0.6 is 23.2 Å². The highest BCUT2D eigenvalue weighted by Crippen LogP contribution is 2.31. The van der Waals surface area contributed by atoms with Crippen molar-refractivity contribution in [3.05, 3.63) is 34.7 Å². The first kappa shape index (κ1) is 9.69. The molecule has 0 atom stereocenters. The summed E-state index contributed by atoms with van der Waals surface area (Å²) >= 11 is 11.6. The molecule has 1 rings (SSSR count). The van der Waals surface area contributed by atoms with E-state index in [2.05, 4.69) is 0 Å². The van der Waals surface area contributed by atoms with Gasteiger partial charge in [0.2, 0.25) is 0 Å². The van der Waals surface area contributed by atoms with E-state index in [0.717, 1.165) is 0 Å². The molecule has 1 aromatic rings. The Morgan fingerprint density at radius 2 is 2.17 bits per heavy atom. The molecule has 0 amide bonds. The summed E-state index contributed by atoms with van der Waals surface area (Å²) < 4.78 is 5.29. The van der Waals surface area contributed by atoms with Gasteiger partial charge in [0, 0.05) is 0 Å². The first-order valence-corrected chi connectivity index (χ1v) is 4.36. The zero-order chi connectivity index (χ0) is 8.97. The molecule has 0 heterocycles. The third-order valence-corrected chi connectivity index (χ3v) is 2.12. The number of hydrogen-bond donors (Lipinski definition) is 0. The standard InChI is InChI=1S/C9H9Cl2O/c1-2-6-12-8-5-3-4-7(10)9(8)11/h2-5H,6H2,1H3. The molecule has 3 heteroatoms. The van der Waals surface area contributed by atoms with E-state index in [1.54, 1.807) is 18.2 Å². The van der Waals surface area contributed by atoms with Crippen LogP contribution in [0.1, 0.15) is 6.92 Å². The molecule has 0 unspecified atom stereocenters. The minimum absolute atomic E-state index is 0.473. The Balaban J connectivity index is 2.78. The molecule has 65 valence electrons. The molecule has 1 nitrogen and oxygen atoms in total. The third kappa shape index (κ3) is 2.29. The van der Waals surface area contributed by atoms with Crippen LogP contribution in [-0.2, 0) is 0 Å². The lowest BCUT2D eigenvalue weighted by Gasteiger charge is -2.06. The molecule has 0 aliphatic heterocycles. The molecule has 0 spiro atoms. The van der Waals surface area contributed by atoms with Crippen molar-refractivity contribution in [1.82, 2.24) is 0 Å². The van der Waals surface area contributed by atoms with Crippen LogP contribution in [0, 0.1) is 6.42 Å². The average molecular weight is 204 g/mol. The largest absolute Gasteiger partial charge is 0.492 e. The number of benzene rings is 1. The fourth-order valence-corrected chi connectivity index (χ4v) is 1.12. The summed E-state index contributed by atoms with van der Waals surface area (Å²) in [7, 11) is 0. The molecule has 0 aromatic heterocycles. The fourth-order valence-electron chi connectivity index (χ4n) is 0.769. The zero-order valence-electron chi connectivity index (χ0n) is 6.68. The summed E-state index contributed by atoms with van der Waals surface area (Å²) in [6.07, 6.45) is 1.90. The predicted molar refractivity (Wildman–Crippen MR) is 51.9 cm³/mol. The molecule has 1 aromatic carbocycles. The zero-order valence-corrected chi connectivity index (χ0v) is 8.19. The first-order valence-electron chi connectivity index (χ1n) is 3.60. The van der Waals surface area contributed by atoms with Crippen molar-refractivity contribution in [2.75, 3.05) is 6.61 Å². The average Bonchev–Trinajstić information content (AvgIpc) is 2.08. The molecular weight excluding hydrogens is 195 g/mol. The van der Waals surface area contributed by atoms with Gasteiger partial charge in [-0.1, -0.05) is 36.2 Å². The van der Waals surface area contributed by atoms with Gasteiger partial charge in [-0.25, -0.2) is 0 Å². The van der Waals surface area contributed by atoms with Gasteiger partial charge in [-0.05, 0) is 18.6 Å². The van der Waals surface area contributed by atoms with Crippen LogP contribution in [0.4, 0.5) is 0 Å². The van der Waals surface area contributed by atoms with Crippen LogP contribution in [0.15, 0.2) is 18.2 Å². The van der Waals surface area contributed by atoms with Gasteiger partial charge in [0.25, 0.3) is 0 Å². The quantitative estimate of drug-likeness (QED) is 0.730. The monoisotopic (exact) mass is 203 g/mol. The van der Waals surface area contributed by atoms with E-state index in [1.807, 2.05) is 13.3 Å². The molecule has 0 aliphatic carbocycles. The fraction of sp³-hybridized carbons (Fsp3) is 0.222. The van der Waals surface area contributed by atoms with E-state index < -0.39 is 0 Å². The van der Waals surface area contributed by atoms with E-state index >= 15 is 0 Å². The van der Waals surface area contributed by atoms with Crippen molar-refractivity contribution < 1.29 is 4.74 Å². The highest BCUT2D eigenvalue weighted by atomic mass is 35.5. The van der Waals surface area contributed by atoms with Crippen LogP contribution in [0.5, 0.6) is 5.75 Å². The molecule has 12 heavy (non-hydrogen) atoms. The molecule has 0 saturated heterocycles. The summed E-state index contributed by atoms with van der Waals surface area (Å²) in [4.78, 5) is 0. The first-order chi connectivity index (χ1) is 5.75. The summed E-state index contributed by atoms with van der Waals surface area (Å²) in [5, 5.41) is 0.992. The van der Waals surface area contributed by atoms with Crippen molar-refractivity contribution in [3.63, 3.8) is 0 Å². The van der Waals surface area contributed by atoms with Gasteiger partial charge in [-0.2, -0.15) is 0 Å². The molecule has 1 radical (unpaired) electrons. The van der Waals surface area contributed by atoms with E-state index in [4.69, 9.17) is 27.9 Å². The lowest BCUT2D eigenvalue weighted by atomic mass is 10.3. The summed E-state index contributed by atoms with van der Waals surface area (Å²) in [6, 6.07) is 5.32. The third-order valence-electron chi connectivity index (χ3n) is 1.32. The number of rotatable bonds is 3. The maximum atomic E-state index is 5.86. The van der Waals surface area contributed by atoms with Gasteiger partial charge in [-0.15, -0.1) is 0 Å². The Kier molecular flexibility index (Phi) is 3.70. The van der Waals surface area contributed by atoms with Crippen molar-refractivity contribution in [2.45, 2.75) is 6.92 Å². The van der Waals surface area contributed by atoms with Crippen molar-refractivity contribution in [1.29, 1.82) is 0 Å². The van der Waals surface area contributed by atoms with Gasteiger partial charge in [0.15, 0.2) is 0 Å². The van der Waals surface area contributed by atoms with Crippen molar-refractivity contribution in [2.24, 2.45) is 0 Å². The Hall–Kier alpha value is -0.400. The van der Waals surface area contributed by atoms with Crippen LogP contribution < -0.4 is 4.74 Å². The SMILES string of the molecule is C[CH]COc1cccc(Cl)c1Cl. The van der Waals surface area contributed by atoms with Gasteiger partial charge < -0.3 is 4.74 Å². The van der Waals surface area contributed by atoms with Gasteiger partial charge in [0.1, 0.15) is 10.8 Å². The lowest BCUT2D eigenvalue weighted by Crippen LogP contribution is -1.95. The molecule has 0 fully saturated rings. The normalized spacial score (nSPS) is 9.92. The second-order valence-corrected chi connectivity index (χ2v) is 3.06. The van der Waals surface area contributed by atoms with Crippen molar-refractivity contribution in [3.8, 4) is 5.75 Å². The lowest BCUT2D eigenvalue weighted by molar-refractivity contribution is 0.350. The van der Waals surface area contributed by atoms with E-state index in [-0.39, 0.29) is 0 Å². The molecule has 0 aliphatic rings. The molecule has 0 saturated carbocycles. The highest BCUT2D eigenvalue weighted by Gasteiger charge is 2.03. The van der Waals surface area contributed by atoms with Crippen LogP contribution in [0.3, 0.4) is 0 Å². The maximum Gasteiger partial charge on any atom is 0.139 e. The second-order valence-electron chi connectivity index (χ2n) is 2.27. The Labute approximate surface area is 82.2 Å². The minimum Gasteiger partial charge on any atom is -0.492 e. The van der Waals surface area contributed by atoms with Gasteiger partial charge in [-0.3, -0.25) is 0 Å². The van der Waals surface area contributed by atoms with Crippen LogP contribution in [0.2, 0.25) is 10.0 Å². The van der Waals surface area contributed by atoms with Crippen LogP contribution in [0.25, 0.3) is 0 Å². The second kappa shape index (κ2) is 4.58. The maximum absolute atomic E-state index is 5.86. The molecule has 0 N–H and O–H groups in total. The highest BCUT2D eigenvalue weighted by molar-refractivity contribution is 6.42. The summed E-state index contributed by atoms with van der Waals surface area (Å²) in [5.74, 6) is 0.627. The van der Waals surface area contributed by atoms with Gasteiger partial charge in [0.05, 0.1) is 11.6 Å². The number of hydrogen-bond acceptors (Lipinski definition) is 1. The predicted octanol–water partition coefficient (Wildman–Crippen LogP) is 3.60. The van der Waals surface area contributed by atoms with E-state index in [0.29, 0.717) is 22.4 Å². The Bertz CT molecular complexity index is 261. The smallest absolute Gasteiger partial charge is 0.139 e. The number of halogens is 2. The Morgan fingerprint density at radius 3 is 2.83 bits per heavy atom.